The molecule has 0 spiro atoms. The van der Waals surface area contributed by atoms with Crippen molar-refractivity contribution < 1.29 is 24.2 Å². The highest BCUT2D eigenvalue weighted by molar-refractivity contribution is 5.79. The first-order valence-corrected chi connectivity index (χ1v) is 12.5. The van der Waals surface area contributed by atoms with Crippen LogP contribution >= 0.6 is 0 Å². The van der Waals surface area contributed by atoms with E-state index in [1.54, 1.807) is 0 Å². The van der Waals surface area contributed by atoms with Crippen LogP contribution in [0.5, 0.6) is 0 Å². The Hall–Kier alpha value is -3.35. The van der Waals surface area contributed by atoms with E-state index in [1.165, 1.54) is 22.3 Å². The van der Waals surface area contributed by atoms with E-state index >= 15 is 0 Å². The Morgan fingerprint density at radius 3 is 2.17 bits per heavy atom. The minimum Gasteiger partial charge on any atom is -0.481 e. The van der Waals surface area contributed by atoms with Gasteiger partial charge in [0.2, 0.25) is 5.91 Å². The number of carboxylic acids is 1. The van der Waals surface area contributed by atoms with Crippen LogP contribution in [0, 0.1) is 5.92 Å². The van der Waals surface area contributed by atoms with Crippen LogP contribution in [0.3, 0.4) is 0 Å². The summed E-state index contributed by atoms with van der Waals surface area (Å²) in [5, 5.41) is 14.3. The van der Waals surface area contributed by atoms with Gasteiger partial charge in [0.1, 0.15) is 6.61 Å². The molecule has 0 heterocycles. The van der Waals surface area contributed by atoms with Crippen molar-refractivity contribution in [1.29, 1.82) is 0 Å². The van der Waals surface area contributed by atoms with Crippen LogP contribution in [-0.4, -0.2) is 42.8 Å². The second-order valence-electron chi connectivity index (χ2n) is 9.26. The van der Waals surface area contributed by atoms with E-state index in [2.05, 4.69) is 34.9 Å². The van der Waals surface area contributed by atoms with E-state index in [0.717, 1.165) is 19.3 Å². The lowest BCUT2D eigenvalue weighted by Crippen LogP contribution is -2.29. The number of rotatable bonds is 14. The standard InChI is InChI=1S/C28H36N2O5/c1-20(18-26(31)29-16-9-3-2-4-14-27(32)33)15-17-30-28(34)35-19-25-23-12-7-5-10-21(23)22-11-6-8-13-24(22)25/h5-8,10-13,20,25H,2-4,9,14-19H2,1H3,(H,29,31)(H,30,34)(H,32,33). The largest absolute Gasteiger partial charge is 0.481 e. The first kappa shape index (κ1) is 26.3. The number of alkyl carbamates (subject to hydrolysis) is 1. The van der Waals surface area contributed by atoms with Crippen LogP contribution in [0.15, 0.2) is 48.5 Å². The number of hydrogen-bond acceptors (Lipinski definition) is 4. The van der Waals surface area contributed by atoms with E-state index in [9.17, 15) is 14.4 Å². The van der Waals surface area contributed by atoms with Gasteiger partial charge in [0.15, 0.2) is 0 Å². The van der Waals surface area contributed by atoms with Gasteiger partial charge in [0, 0.05) is 31.8 Å². The smallest absolute Gasteiger partial charge is 0.407 e. The second kappa shape index (κ2) is 13.5. The minimum absolute atomic E-state index is 0.00387. The number of unbranched alkanes of at least 4 members (excludes halogenated alkanes) is 3. The number of carbonyl (C=O) groups is 3. The van der Waals surface area contributed by atoms with Gasteiger partial charge < -0.3 is 20.5 Å². The van der Waals surface area contributed by atoms with Crippen LogP contribution < -0.4 is 10.6 Å². The van der Waals surface area contributed by atoms with Gasteiger partial charge in [0.25, 0.3) is 0 Å². The highest BCUT2D eigenvalue weighted by Crippen LogP contribution is 2.44. The lowest BCUT2D eigenvalue weighted by atomic mass is 9.98. The first-order valence-electron chi connectivity index (χ1n) is 12.5. The number of fused-ring (bicyclic) bond motifs is 3. The zero-order valence-electron chi connectivity index (χ0n) is 20.4. The lowest BCUT2D eigenvalue weighted by molar-refractivity contribution is -0.137. The molecule has 0 saturated heterocycles. The minimum atomic E-state index is -0.764. The van der Waals surface area contributed by atoms with Crippen molar-refractivity contribution in [2.45, 2.75) is 57.8 Å². The van der Waals surface area contributed by atoms with Crippen molar-refractivity contribution in [3.8, 4) is 11.1 Å². The maximum Gasteiger partial charge on any atom is 0.407 e. The molecule has 1 atom stereocenters. The third-order valence-electron chi connectivity index (χ3n) is 6.42. The molecule has 0 radical (unpaired) electrons. The van der Waals surface area contributed by atoms with Gasteiger partial charge >= 0.3 is 12.1 Å². The Balaban J connectivity index is 1.29. The molecule has 7 heteroatoms. The lowest BCUT2D eigenvalue weighted by Gasteiger charge is -2.15. The number of nitrogens with one attached hydrogen (secondary N) is 2. The van der Waals surface area contributed by atoms with E-state index in [0.29, 0.717) is 32.4 Å². The van der Waals surface area contributed by atoms with Crippen LogP contribution in [0.25, 0.3) is 11.1 Å². The summed E-state index contributed by atoms with van der Waals surface area (Å²) in [4.78, 5) is 34.8. The molecule has 7 nitrogen and oxygen atoms in total. The number of carbonyl (C=O) groups excluding carboxylic acids is 2. The van der Waals surface area contributed by atoms with Crippen LogP contribution in [0.1, 0.15) is 68.9 Å². The highest BCUT2D eigenvalue weighted by atomic mass is 16.5. The van der Waals surface area contributed by atoms with Crippen LogP contribution in [-0.2, 0) is 14.3 Å². The molecule has 0 aromatic heterocycles. The predicted molar refractivity (Wildman–Crippen MR) is 135 cm³/mol. The molecule has 0 saturated carbocycles. The molecule has 0 fully saturated rings. The number of aliphatic carboxylic acids is 1. The molecule has 3 N–H and O–H groups in total. The molecular weight excluding hydrogens is 444 g/mol. The maximum atomic E-state index is 12.3. The Morgan fingerprint density at radius 2 is 1.51 bits per heavy atom. The van der Waals surface area contributed by atoms with Gasteiger partial charge in [-0.1, -0.05) is 68.3 Å². The molecule has 35 heavy (non-hydrogen) atoms. The monoisotopic (exact) mass is 480 g/mol. The molecule has 188 valence electrons. The number of ether oxygens (including phenoxy) is 1. The second-order valence-corrected chi connectivity index (χ2v) is 9.26. The number of benzene rings is 2. The average molecular weight is 481 g/mol. The average Bonchev–Trinajstić information content (AvgIpc) is 3.15. The molecule has 1 aliphatic carbocycles. The summed E-state index contributed by atoms with van der Waals surface area (Å²) in [7, 11) is 0. The number of hydrogen-bond donors (Lipinski definition) is 3. The normalized spacial score (nSPS) is 12.9. The zero-order valence-corrected chi connectivity index (χ0v) is 20.4. The summed E-state index contributed by atoms with van der Waals surface area (Å²) in [5.74, 6) is -0.586. The van der Waals surface area contributed by atoms with E-state index in [4.69, 9.17) is 9.84 Å². The Labute approximate surface area is 207 Å². The zero-order chi connectivity index (χ0) is 25.0. The van der Waals surface area contributed by atoms with Crippen LogP contribution in [0.2, 0.25) is 0 Å². The summed E-state index contributed by atoms with van der Waals surface area (Å²) in [5.41, 5.74) is 4.76. The van der Waals surface area contributed by atoms with Gasteiger partial charge in [-0.2, -0.15) is 0 Å². The highest BCUT2D eigenvalue weighted by Gasteiger charge is 2.28. The fourth-order valence-corrected chi connectivity index (χ4v) is 4.54. The van der Waals surface area contributed by atoms with E-state index < -0.39 is 12.1 Å². The van der Waals surface area contributed by atoms with Crippen molar-refractivity contribution >= 4 is 18.0 Å². The number of amides is 2. The van der Waals surface area contributed by atoms with Crippen molar-refractivity contribution in [3.63, 3.8) is 0 Å². The topological polar surface area (TPSA) is 105 Å². The third-order valence-corrected chi connectivity index (χ3v) is 6.42. The summed E-state index contributed by atoms with van der Waals surface area (Å²) in [6.07, 6.45) is 4.16. The summed E-state index contributed by atoms with van der Waals surface area (Å²) in [6, 6.07) is 16.5. The summed E-state index contributed by atoms with van der Waals surface area (Å²) >= 11 is 0. The number of carboxylic acid groups (broad SMARTS) is 1. The quantitative estimate of drug-likeness (QED) is 0.327. The van der Waals surface area contributed by atoms with Gasteiger partial charge in [-0.25, -0.2) is 4.79 Å². The van der Waals surface area contributed by atoms with Crippen molar-refractivity contribution in [3.05, 3.63) is 59.7 Å². The molecule has 1 unspecified atom stereocenters. The van der Waals surface area contributed by atoms with Crippen molar-refractivity contribution in [2.24, 2.45) is 5.92 Å². The Kier molecular flexibility index (Phi) is 10.1. The van der Waals surface area contributed by atoms with Crippen molar-refractivity contribution in [1.82, 2.24) is 10.6 Å². The van der Waals surface area contributed by atoms with Gasteiger partial charge in [-0.3, -0.25) is 9.59 Å². The molecule has 0 bridgehead atoms. The van der Waals surface area contributed by atoms with Gasteiger partial charge in [-0.05, 0) is 47.4 Å². The van der Waals surface area contributed by atoms with Gasteiger partial charge in [-0.15, -0.1) is 0 Å². The molecule has 1 aliphatic rings. The third kappa shape index (κ3) is 8.12. The van der Waals surface area contributed by atoms with Gasteiger partial charge in [0.05, 0.1) is 0 Å². The predicted octanol–water partition coefficient (Wildman–Crippen LogP) is 5.09. The Morgan fingerprint density at radius 1 is 0.886 bits per heavy atom. The van der Waals surface area contributed by atoms with Crippen molar-refractivity contribution in [2.75, 3.05) is 19.7 Å². The Bertz CT molecular complexity index is 961. The first-order chi connectivity index (χ1) is 17.0. The fourth-order valence-electron chi connectivity index (χ4n) is 4.54. The maximum absolute atomic E-state index is 12.3. The molecule has 2 aromatic rings. The molecule has 2 aromatic carbocycles. The summed E-state index contributed by atoms with van der Waals surface area (Å²) < 4.78 is 5.55. The molecule has 3 rings (SSSR count). The summed E-state index contributed by atoms with van der Waals surface area (Å²) in [6.45, 7) is 3.34. The van der Waals surface area contributed by atoms with E-state index in [1.807, 2.05) is 31.2 Å². The SMILES string of the molecule is CC(CCNC(=O)OCC1c2ccccc2-c2ccccc21)CC(=O)NCCCCCCC(=O)O. The fraction of sp³-hybridized carbons (Fsp3) is 0.464. The molecular formula is C28H36N2O5. The van der Waals surface area contributed by atoms with Crippen LogP contribution in [0.4, 0.5) is 4.79 Å². The molecule has 0 aliphatic heterocycles. The van der Waals surface area contributed by atoms with E-state index in [-0.39, 0.29) is 30.8 Å². The molecule has 2 amide bonds.